The Morgan fingerprint density at radius 1 is 1.14 bits per heavy atom. The van der Waals surface area contributed by atoms with Gasteiger partial charge in [0, 0.05) is 18.7 Å². The van der Waals surface area contributed by atoms with E-state index in [4.69, 9.17) is 30.5 Å². The summed E-state index contributed by atoms with van der Waals surface area (Å²) in [7, 11) is 0. The number of likely N-dealkylation sites (N-methyl/N-ethyl adjacent to an activating group) is 1. The molecule has 8 heteroatoms. The molecule has 0 aromatic heterocycles. The van der Waals surface area contributed by atoms with Crippen LogP contribution in [0.25, 0.3) is 0 Å². The van der Waals surface area contributed by atoms with Gasteiger partial charge in [0.2, 0.25) is 12.7 Å². The fraction of sp³-hybridized carbons (Fsp3) is 0.350. The van der Waals surface area contributed by atoms with Crippen LogP contribution in [0.15, 0.2) is 36.4 Å². The number of para-hydroxylation sites is 2. The third-order valence-electron chi connectivity index (χ3n) is 4.58. The van der Waals surface area contributed by atoms with Crippen molar-refractivity contribution in [1.29, 1.82) is 0 Å². The van der Waals surface area contributed by atoms with Gasteiger partial charge in [-0.3, -0.25) is 9.69 Å². The molecular weight excluding hydrogens is 384 g/mol. The molecule has 2 heterocycles. The van der Waals surface area contributed by atoms with Gasteiger partial charge in [-0.2, -0.15) is 0 Å². The van der Waals surface area contributed by atoms with E-state index < -0.39 is 0 Å². The summed E-state index contributed by atoms with van der Waals surface area (Å²) in [6, 6.07) is 10.9. The number of hydrogen-bond donors (Lipinski definition) is 1. The highest BCUT2D eigenvalue weighted by atomic mass is 35.5. The van der Waals surface area contributed by atoms with E-state index >= 15 is 0 Å². The Labute approximate surface area is 168 Å². The van der Waals surface area contributed by atoms with Gasteiger partial charge in [0.1, 0.15) is 12.7 Å². The van der Waals surface area contributed by atoms with Crippen molar-refractivity contribution in [2.24, 2.45) is 0 Å². The fourth-order valence-corrected chi connectivity index (χ4v) is 3.35. The van der Waals surface area contributed by atoms with Gasteiger partial charge in [-0.15, -0.1) is 0 Å². The van der Waals surface area contributed by atoms with Crippen LogP contribution in [0, 0.1) is 0 Å². The van der Waals surface area contributed by atoms with E-state index in [0.29, 0.717) is 41.9 Å². The minimum Gasteiger partial charge on any atom is -0.486 e. The number of benzene rings is 2. The molecule has 7 nitrogen and oxygen atoms in total. The third kappa shape index (κ3) is 4.10. The van der Waals surface area contributed by atoms with Crippen LogP contribution in [0.1, 0.15) is 6.92 Å². The summed E-state index contributed by atoms with van der Waals surface area (Å²) in [5, 5.41) is 3.24. The summed E-state index contributed by atoms with van der Waals surface area (Å²) in [6.45, 7) is 4.08. The van der Waals surface area contributed by atoms with Crippen LogP contribution in [-0.2, 0) is 4.79 Å². The van der Waals surface area contributed by atoms with Gasteiger partial charge in [0.25, 0.3) is 0 Å². The van der Waals surface area contributed by atoms with Gasteiger partial charge in [-0.1, -0.05) is 30.7 Å². The molecule has 4 rings (SSSR count). The highest BCUT2D eigenvalue weighted by molar-refractivity contribution is 6.34. The molecule has 2 aliphatic rings. The molecule has 0 fully saturated rings. The maximum Gasteiger partial charge on any atom is 0.238 e. The Balaban J connectivity index is 1.34. The first-order valence-electron chi connectivity index (χ1n) is 9.12. The van der Waals surface area contributed by atoms with Crippen molar-refractivity contribution in [2.45, 2.75) is 13.0 Å². The maximum absolute atomic E-state index is 12.5. The number of fused-ring (bicyclic) bond motifs is 2. The van der Waals surface area contributed by atoms with Gasteiger partial charge in [-0.05, 0) is 18.7 Å². The molecule has 2 aromatic carbocycles. The molecule has 0 saturated carbocycles. The number of nitrogens with zero attached hydrogens (tertiary/aromatic N) is 1. The molecule has 1 N–H and O–H groups in total. The summed E-state index contributed by atoms with van der Waals surface area (Å²) in [6.07, 6.45) is -0.142. The smallest absolute Gasteiger partial charge is 0.238 e. The molecule has 2 aromatic rings. The average Bonchev–Trinajstić information content (AvgIpc) is 3.14. The Bertz CT molecular complexity index is 876. The van der Waals surface area contributed by atoms with E-state index in [9.17, 15) is 4.79 Å². The number of hydrogen-bond acceptors (Lipinski definition) is 6. The SMILES string of the molecule is CCN(CC(=O)Nc1cc2c(cc1Cl)OCO2)C[C@H]1COc2ccccc2O1. The summed E-state index contributed by atoms with van der Waals surface area (Å²) in [5.41, 5.74) is 0.498. The van der Waals surface area contributed by atoms with Crippen LogP contribution in [0.5, 0.6) is 23.0 Å². The maximum atomic E-state index is 12.5. The van der Waals surface area contributed by atoms with Crippen molar-refractivity contribution in [1.82, 2.24) is 4.90 Å². The Kier molecular flexibility index (Phi) is 5.45. The quantitative estimate of drug-likeness (QED) is 0.797. The first-order valence-corrected chi connectivity index (χ1v) is 9.50. The average molecular weight is 405 g/mol. The van der Waals surface area contributed by atoms with Crippen molar-refractivity contribution in [3.8, 4) is 23.0 Å². The number of ether oxygens (including phenoxy) is 4. The molecule has 28 heavy (non-hydrogen) atoms. The van der Waals surface area contributed by atoms with E-state index in [1.54, 1.807) is 12.1 Å². The van der Waals surface area contributed by atoms with Crippen LogP contribution in [0.2, 0.25) is 5.02 Å². The molecule has 1 atom stereocenters. The van der Waals surface area contributed by atoms with Crippen LogP contribution in [0.3, 0.4) is 0 Å². The third-order valence-corrected chi connectivity index (χ3v) is 4.89. The molecule has 2 aliphatic heterocycles. The number of anilines is 1. The highest BCUT2D eigenvalue weighted by Gasteiger charge is 2.24. The predicted molar refractivity (Wildman–Crippen MR) is 105 cm³/mol. The molecule has 1 amide bonds. The van der Waals surface area contributed by atoms with Gasteiger partial charge in [0.15, 0.2) is 23.0 Å². The molecule has 148 valence electrons. The molecule has 0 aliphatic carbocycles. The van der Waals surface area contributed by atoms with E-state index in [2.05, 4.69) is 5.32 Å². The lowest BCUT2D eigenvalue weighted by molar-refractivity contribution is -0.117. The summed E-state index contributed by atoms with van der Waals surface area (Å²) in [4.78, 5) is 14.5. The molecule has 0 unspecified atom stereocenters. The minimum atomic E-state index is -0.167. The van der Waals surface area contributed by atoms with E-state index in [1.165, 1.54) is 0 Å². The zero-order valence-electron chi connectivity index (χ0n) is 15.4. The standard InChI is InChI=1S/C20H21ClN2O5/c1-2-23(9-13-11-25-16-5-3-4-6-17(16)28-13)10-20(24)22-15-8-19-18(7-14(15)21)26-12-27-19/h3-8,13H,2,9-12H2,1H3,(H,22,24)/t13-/m0/s1. The largest absolute Gasteiger partial charge is 0.486 e. The number of halogens is 1. The molecule has 0 radical (unpaired) electrons. The second-order valence-electron chi connectivity index (χ2n) is 6.56. The van der Waals surface area contributed by atoms with Crippen LogP contribution in [0.4, 0.5) is 5.69 Å². The lowest BCUT2D eigenvalue weighted by Gasteiger charge is -2.30. The second-order valence-corrected chi connectivity index (χ2v) is 6.97. The molecule has 0 spiro atoms. The number of carbonyl (C=O) groups is 1. The Morgan fingerprint density at radius 2 is 1.89 bits per heavy atom. The minimum absolute atomic E-state index is 0.142. The monoisotopic (exact) mass is 404 g/mol. The first-order chi connectivity index (χ1) is 13.6. The van der Waals surface area contributed by atoms with Crippen molar-refractivity contribution in [3.05, 3.63) is 41.4 Å². The van der Waals surface area contributed by atoms with E-state index in [-0.39, 0.29) is 25.3 Å². The summed E-state index contributed by atoms with van der Waals surface area (Å²) in [5.74, 6) is 2.45. The summed E-state index contributed by atoms with van der Waals surface area (Å²) >= 11 is 6.23. The van der Waals surface area contributed by atoms with Crippen LogP contribution in [-0.4, -0.2) is 49.9 Å². The number of nitrogens with one attached hydrogen (secondary N) is 1. The normalized spacial score (nSPS) is 16.9. The molecule has 0 saturated heterocycles. The Hall–Kier alpha value is -2.64. The zero-order chi connectivity index (χ0) is 19.5. The van der Waals surface area contributed by atoms with E-state index in [0.717, 1.165) is 11.5 Å². The van der Waals surface area contributed by atoms with Gasteiger partial charge >= 0.3 is 0 Å². The van der Waals surface area contributed by atoms with Crippen molar-refractivity contribution in [2.75, 3.05) is 38.4 Å². The number of rotatable bonds is 6. The lowest BCUT2D eigenvalue weighted by Crippen LogP contribution is -2.43. The summed E-state index contributed by atoms with van der Waals surface area (Å²) < 4.78 is 22.3. The van der Waals surface area contributed by atoms with Gasteiger partial charge in [0.05, 0.1) is 17.3 Å². The van der Waals surface area contributed by atoms with Crippen molar-refractivity contribution in [3.63, 3.8) is 0 Å². The fourth-order valence-electron chi connectivity index (χ4n) is 3.15. The van der Waals surface area contributed by atoms with Crippen molar-refractivity contribution >= 4 is 23.2 Å². The second kappa shape index (κ2) is 8.16. The number of amides is 1. The molecule has 0 bridgehead atoms. The highest BCUT2D eigenvalue weighted by Crippen LogP contribution is 2.39. The topological polar surface area (TPSA) is 69.3 Å². The van der Waals surface area contributed by atoms with Gasteiger partial charge in [-0.25, -0.2) is 0 Å². The lowest BCUT2D eigenvalue weighted by atomic mass is 10.2. The first kappa shape index (κ1) is 18.7. The predicted octanol–water partition coefficient (Wildman–Crippen LogP) is 3.17. The zero-order valence-corrected chi connectivity index (χ0v) is 16.2. The van der Waals surface area contributed by atoms with Crippen LogP contribution < -0.4 is 24.3 Å². The van der Waals surface area contributed by atoms with E-state index in [1.807, 2.05) is 36.1 Å². The number of carbonyl (C=O) groups excluding carboxylic acids is 1. The Morgan fingerprint density at radius 3 is 2.68 bits per heavy atom. The van der Waals surface area contributed by atoms with Crippen LogP contribution >= 0.6 is 11.6 Å². The van der Waals surface area contributed by atoms with Crippen molar-refractivity contribution < 1.29 is 23.7 Å². The molecular formula is C20H21ClN2O5. The van der Waals surface area contributed by atoms with Gasteiger partial charge < -0.3 is 24.3 Å².